The highest BCUT2D eigenvalue weighted by Gasteiger charge is 2.37. The minimum atomic E-state index is -1.07. The van der Waals surface area contributed by atoms with Crippen molar-refractivity contribution in [2.45, 2.75) is 51.7 Å². The molecule has 0 radical (unpaired) electrons. The van der Waals surface area contributed by atoms with Gasteiger partial charge in [-0.25, -0.2) is 14.6 Å². The number of carbonyl (C=O) groups is 2. The molecule has 5 rings (SSSR count). The molecular weight excluding hydrogens is 562 g/mol. The summed E-state index contributed by atoms with van der Waals surface area (Å²) in [5.41, 5.74) is 1.66. The van der Waals surface area contributed by atoms with Crippen LogP contribution in [0.25, 0.3) is 10.8 Å². The fraction of sp³-hybridized carbons (Fsp3) is 0.343. The van der Waals surface area contributed by atoms with Crippen molar-refractivity contribution in [3.8, 4) is 0 Å². The molecule has 1 aliphatic rings. The molecule has 0 aliphatic carbocycles. The average Bonchev–Trinajstić information content (AvgIpc) is 2.98. The van der Waals surface area contributed by atoms with Gasteiger partial charge >= 0.3 is 12.1 Å². The summed E-state index contributed by atoms with van der Waals surface area (Å²) >= 11 is 6.54. The molecule has 4 aromatic rings. The molecule has 1 aliphatic heterocycles. The van der Waals surface area contributed by atoms with Crippen LogP contribution in [0.15, 0.2) is 85.1 Å². The van der Waals surface area contributed by atoms with E-state index in [9.17, 15) is 14.7 Å². The molecule has 0 spiro atoms. The third-order valence-corrected chi connectivity index (χ3v) is 8.43. The fourth-order valence-corrected chi connectivity index (χ4v) is 6.30. The van der Waals surface area contributed by atoms with Crippen LogP contribution in [0, 0.1) is 5.92 Å². The molecule has 43 heavy (non-hydrogen) atoms. The number of aromatic carboxylic acids is 1. The minimum Gasteiger partial charge on any atom is -0.478 e. The van der Waals surface area contributed by atoms with Gasteiger partial charge in [0.2, 0.25) is 0 Å². The Kier molecular flexibility index (Phi) is 8.92. The van der Waals surface area contributed by atoms with Gasteiger partial charge in [-0.15, -0.1) is 0 Å². The van der Waals surface area contributed by atoms with E-state index in [-0.39, 0.29) is 29.5 Å². The van der Waals surface area contributed by atoms with Crippen LogP contribution in [0.1, 0.15) is 67.6 Å². The Hall–Kier alpha value is -4.10. The van der Waals surface area contributed by atoms with E-state index in [2.05, 4.69) is 53.2 Å². The number of carboxylic acid groups (broad SMARTS) is 1. The van der Waals surface area contributed by atoms with E-state index in [1.165, 1.54) is 12.3 Å². The Morgan fingerprint density at radius 3 is 2.47 bits per heavy atom. The van der Waals surface area contributed by atoms with Crippen LogP contribution in [0.3, 0.4) is 0 Å². The number of aromatic nitrogens is 1. The number of rotatable bonds is 7. The normalized spacial score (nSPS) is 17.8. The first kappa shape index (κ1) is 30.4. The molecule has 1 N–H and O–H groups in total. The SMILES string of the molecule is C[C@H](c1cccc2ccccc12)N(CC1CCN(c2ncc(C(=O)O)cc2Cl)CC1c1ccccc1)C(=O)OC(C)(C)C. The van der Waals surface area contributed by atoms with E-state index in [1.807, 2.05) is 62.1 Å². The number of fused-ring (bicyclic) bond motifs is 1. The molecule has 3 atom stereocenters. The highest BCUT2D eigenvalue weighted by Crippen LogP contribution is 2.39. The molecule has 0 saturated carbocycles. The second-order valence-electron chi connectivity index (χ2n) is 12.2. The molecule has 3 aromatic carbocycles. The monoisotopic (exact) mass is 599 g/mol. The van der Waals surface area contributed by atoms with Gasteiger partial charge in [0.25, 0.3) is 0 Å². The number of nitrogens with zero attached hydrogens (tertiary/aromatic N) is 3. The van der Waals surface area contributed by atoms with Crippen molar-refractivity contribution < 1.29 is 19.4 Å². The molecule has 2 unspecified atom stereocenters. The van der Waals surface area contributed by atoms with Crippen molar-refractivity contribution >= 4 is 40.3 Å². The lowest BCUT2D eigenvalue weighted by Crippen LogP contribution is -2.47. The lowest BCUT2D eigenvalue weighted by molar-refractivity contribution is 0.0121. The van der Waals surface area contributed by atoms with Crippen molar-refractivity contribution in [3.63, 3.8) is 0 Å². The summed E-state index contributed by atoms with van der Waals surface area (Å²) in [6, 6.07) is 26.0. The van der Waals surface area contributed by atoms with E-state index in [0.717, 1.165) is 28.3 Å². The molecule has 224 valence electrons. The lowest BCUT2D eigenvalue weighted by atomic mass is 9.80. The first-order valence-electron chi connectivity index (χ1n) is 14.7. The van der Waals surface area contributed by atoms with Crippen LogP contribution < -0.4 is 4.90 Å². The summed E-state index contributed by atoms with van der Waals surface area (Å²) in [4.78, 5) is 33.7. The number of ether oxygens (including phenoxy) is 1. The fourth-order valence-electron chi connectivity index (χ4n) is 6.02. The molecule has 1 amide bonds. The topological polar surface area (TPSA) is 83.0 Å². The summed E-state index contributed by atoms with van der Waals surface area (Å²) in [6.45, 7) is 9.55. The molecule has 1 saturated heterocycles. The van der Waals surface area contributed by atoms with Gasteiger partial charge < -0.3 is 19.6 Å². The van der Waals surface area contributed by atoms with Gasteiger partial charge in [-0.1, -0.05) is 84.4 Å². The van der Waals surface area contributed by atoms with Crippen LogP contribution >= 0.6 is 11.6 Å². The van der Waals surface area contributed by atoms with Crippen LogP contribution in [-0.4, -0.2) is 52.3 Å². The van der Waals surface area contributed by atoms with Crippen molar-refractivity contribution in [1.29, 1.82) is 0 Å². The Morgan fingerprint density at radius 2 is 1.77 bits per heavy atom. The van der Waals surface area contributed by atoms with Crippen molar-refractivity contribution in [3.05, 3.63) is 107 Å². The predicted molar refractivity (Wildman–Crippen MR) is 171 cm³/mol. The first-order chi connectivity index (χ1) is 20.5. The third-order valence-electron chi connectivity index (χ3n) is 8.15. The summed E-state index contributed by atoms with van der Waals surface area (Å²) in [6.07, 6.45) is 1.79. The molecule has 7 nitrogen and oxygen atoms in total. The second kappa shape index (κ2) is 12.6. The number of amides is 1. The standard InChI is InChI=1S/C35H38ClN3O4/c1-23(28-16-10-14-24-13-8-9-15-29(24)28)39(34(42)43-35(2,3)4)21-26-17-18-38(22-30(26)25-11-6-5-7-12-25)32-31(36)19-27(20-37-32)33(40)41/h5-16,19-20,23,26,30H,17-18,21-22H2,1-4H3,(H,40,41)/t23-,26?,30?/m1/s1. The minimum absolute atomic E-state index is 0.0543. The second-order valence-corrected chi connectivity index (χ2v) is 12.6. The highest BCUT2D eigenvalue weighted by molar-refractivity contribution is 6.33. The van der Waals surface area contributed by atoms with E-state index in [4.69, 9.17) is 16.3 Å². The van der Waals surface area contributed by atoms with Gasteiger partial charge in [-0.3, -0.25) is 0 Å². The van der Waals surface area contributed by atoms with E-state index < -0.39 is 11.6 Å². The summed E-state index contributed by atoms with van der Waals surface area (Å²) < 4.78 is 5.97. The zero-order chi connectivity index (χ0) is 30.7. The quantitative estimate of drug-likeness (QED) is 0.230. The smallest absolute Gasteiger partial charge is 0.410 e. The maximum atomic E-state index is 13.9. The maximum Gasteiger partial charge on any atom is 0.410 e. The molecule has 2 heterocycles. The number of piperidine rings is 1. The van der Waals surface area contributed by atoms with Gasteiger partial charge in [-0.05, 0) is 68.0 Å². The predicted octanol–water partition coefficient (Wildman–Crippen LogP) is 8.19. The summed E-state index contributed by atoms with van der Waals surface area (Å²) in [7, 11) is 0. The Labute approximate surface area is 258 Å². The van der Waals surface area contributed by atoms with Crippen molar-refractivity contribution in [2.24, 2.45) is 5.92 Å². The largest absolute Gasteiger partial charge is 0.478 e. The number of anilines is 1. The summed E-state index contributed by atoms with van der Waals surface area (Å²) in [5.74, 6) is -0.305. The Balaban J connectivity index is 1.49. The Bertz CT molecular complexity index is 1600. The van der Waals surface area contributed by atoms with Crippen LogP contribution in [0.4, 0.5) is 10.6 Å². The van der Waals surface area contributed by atoms with Gasteiger partial charge in [0.1, 0.15) is 11.4 Å². The van der Waals surface area contributed by atoms with E-state index >= 15 is 0 Å². The highest BCUT2D eigenvalue weighted by atomic mass is 35.5. The average molecular weight is 600 g/mol. The molecule has 1 fully saturated rings. The lowest BCUT2D eigenvalue weighted by Gasteiger charge is -2.43. The first-order valence-corrected chi connectivity index (χ1v) is 15.1. The van der Waals surface area contributed by atoms with Gasteiger partial charge in [0, 0.05) is 31.7 Å². The molecule has 0 bridgehead atoms. The number of halogens is 1. The van der Waals surface area contributed by atoms with Crippen molar-refractivity contribution in [2.75, 3.05) is 24.5 Å². The Morgan fingerprint density at radius 1 is 1.07 bits per heavy atom. The number of pyridine rings is 1. The van der Waals surface area contributed by atoms with Crippen LogP contribution in [0.5, 0.6) is 0 Å². The number of carboxylic acids is 1. The number of hydrogen-bond acceptors (Lipinski definition) is 5. The van der Waals surface area contributed by atoms with Gasteiger partial charge in [0.15, 0.2) is 0 Å². The van der Waals surface area contributed by atoms with Crippen LogP contribution in [0.2, 0.25) is 5.02 Å². The van der Waals surface area contributed by atoms with Crippen LogP contribution in [-0.2, 0) is 4.74 Å². The van der Waals surface area contributed by atoms with Gasteiger partial charge in [-0.2, -0.15) is 0 Å². The maximum absolute atomic E-state index is 13.9. The number of hydrogen-bond donors (Lipinski definition) is 1. The van der Waals surface area contributed by atoms with Crippen molar-refractivity contribution in [1.82, 2.24) is 9.88 Å². The molecule has 1 aromatic heterocycles. The third kappa shape index (κ3) is 6.94. The molecule has 8 heteroatoms. The number of carbonyl (C=O) groups excluding carboxylic acids is 1. The zero-order valence-electron chi connectivity index (χ0n) is 25.0. The zero-order valence-corrected chi connectivity index (χ0v) is 25.8. The van der Waals surface area contributed by atoms with E-state index in [0.29, 0.717) is 30.5 Å². The van der Waals surface area contributed by atoms with E-state index in [1.54, 1.807) is 0 Å². The molecular formula is C35H38ClN3O4. The number of benzene rings is 3. The van der Waals surface area contributed by atoms with Gasteiger partial charge in [0.05, 0.1) is 16.6 Å². The summed E-state index contributed by atoms with van der Waals surface area (Å²) in [5, 5.41) is 11.9.